The average Bonchev–Trinajstić information content (AvgIpc) is 2.13. The van der Waals surface area contributed by atoms with Gasteiger partial charge in [0.25, 0.3) is 11.1 Å². The molecule has 9 nitrogen and oxygen atoms in total. The van der Waals surface area contributed by atoms with Gasteiger partial charge in [0.15, 0.2) is 0 Å². The van der Waals surface area contributed by atoms with E-state index in [0.717, 1.165) is 0 Å². The van der Waals surface area contributed by atoms with Gasteiger partial charge in [-0.2, -0.15) is 0 Å². The Hall–Kier alpha value is -2.42. The van der Waals surface area contributed by atoms with E-state index >= 15 is 0 Å². The number of rotatable bonds is 1. The zero-order valence-corrected chi connectivity index (χ0v) is 8.60. The van der Waals surface area contributed by atoms with E-state index in [9.17, 15) is 24.3 Å². The highest BCUT2D eigenvalue weighted by molar-refractivity contribution is 5.71. The number of nitrogens with one attached hydrogen (secondary N) is 3. The van der Waals surface area contributed by atoms with Crippen LogP contribution in [0.1, 0.15) is 13.2 Å². The van der Waals surface area contributed by atoms with Gasteiger partial charge in [-0.15, -0.1) is 0 Å². The Kier molecular flexibility index (Phi) is 2.32. The van der Waals surface area contributed by atoms with Crippen LogP contribution < -0.4 is 22.5 Å². The van der Waals surface area contributed by atoms with Crippen molar-refractivity contribution in [2.24, 2.45) is 0 Å². The number of hydrogen-bond donors (Lipinski definition) is 4. The molecule has 4 N–H and O–H groups in total. The molecule has 0 aliphatic heterocycles. The van der Waals surface area contributed by atoms with E-state index in [1.54, 1.807) is 0 Å². The fraction of sp³-hybridized carbons (Fsp3) is 0.250. The second kappa shape index (κ2) is 3.56. The number of H-pyrrole nitrogens is 3. The van der Waals surface area contributed by atoms with Crippen molar-refractivity contribution in [3.05, 3.63) is 41.7 Å². The third-order valence-electron chi connectivity index (χ3n) is 2.20. The highest BCUT2D eigenvalue weighted by atomic mass is 16.3. The fourth-order valence-corrected chi connectivity index (χ4v) is 1.54. The molecule has 2 aromatic rings. The molecule has 0 radical (unpaired) electrons. The smallest absolute Gasteiger partial charge is 0.332 e. The van der Waals surface area contributed by atoms with Crippen molar-refractivity contribution in [3.63, 3.8) is 0 Å². The summed E-state index contributed by atoms with van der Waals surface area (Å²) < 4.78 is 0.702. The van der Waals surface area contributed by atoms with Gasteiger partial charge in [-0.05, 0) is 6.92 Å². The first-order valence-electron chi connectivity index (χ1n) is 4.61. The second-order valence-corrected chi connectivity index (χ2v) is 3.39. The molecule has 0 bridgehead atoms. The summed E-state index contributed by atoms with van der Waals surface area (Å²) in [5.41, 5.74) is -3.97. The SMILES string of the molecule is CC(O)n1c(=O)[nH]c(=O)c2c(=O)[nH]c(=O)[nH]c21. The molecule has 0 aromatic carbocycles. The maximum atomic E-state index is 11.4. The standard InChI is InChI=1S/C8H8N4O5/c1-2(13)12-4-3(6(15)11-8(12)17)5(14)10-7(16)9-4/h2,13H,1H3,(H,11,15,17)(H2,9,10,14,16). The lowest BCUT2D eigenvalue weighted by Crippen LogP contribution is -2.38. The van der Waals surface area contributed by atoms with Crippen LogP contribution in [0.3, 0.4) is 0 Å². The maximum Gasteiger partial charge on any atom is 0.332 e. The molecule has 90 valence electrons. The number of nitrogens with zero attached hydrogens (tertiary/aromatic N) is 1. The topological polar surface area (TPSA) is 141 Å². The van der Waals surface area contributed by atoms with Crippen LogP contribution in [0.4, 0.5) is 0 Å². The maximum absolute atomic E-state index is 11.4. The Balaban J connectivity index is 3.23. The summed E-state index contributed by atoms with van der Waals surface area (Å²) in [6, 6.07) is 0. The first kappa shape index (κ1) is 11.1. The van der Waals surface area contributed by atoms with E-state index in [1.165, 1.54) is 6.92 Å². The number of aliphatic hydroxyl groups excluding tert-OH is 1. The molecule has 0 aliphatic rings. The Morgan fingerprint density at radius 3 is 2.24 bits per heavy atom. The highest BCUT2D eigenvalue weighted by Gasteiger charge is 2.14. The van der Waals surface area contributed by atoms with Crippen LogP contribution in [-0.2, 0) is 0 Å². The summed E-state index contributed by atoms with van der Waals surface area (Å²) in [5, 5.41) is 8.96. The van der Waals surface area contributed by atoms with Crippen LogP contribution in [-0.4, -0.2) is 24.6 Å². The zero-order chi connectivity index (χ0) is 12.7. The Labute approximate surface area is 91.4 Å². The summed E-state index contributed by atoms with van der Waals surface area (Å²) in [6.07, 6.45) is -1.31. The third-order valence-corrected chi connectivity index (χ3v) is 2.20. The molecular formula is C8H8N4O5. The number of aromatic nitrogens is 4. The van der Waals surface area contributed by atoms with Crippen molar-refractivity contribution in [1.29, 1.82) is 0 Å². The highest BCUT2D eigenvalue weighted by Crippen LogP contribution is 2.01. The summed E-state index contributed by atoms with van der Waals surface area (Å²) >= 11 is 0. The fourth-order valence-electron chi connectivity index (χ4n) is 1.54. The minimum atomic E-state index is -1.31. The van der Waals surface area contributed by atoms with Gasteiger partial charge in [-0.25, -0.2) is 9.59 Å². The molecule has 0 saturated heterocycles. The van der Waals surface area contributed by atoms with E-state index in [4.69, 9.17) is 0 Å². The number of hydrogen-bond acceptors (Lipinski definition) is 5. The monoisotopic (exact) mass is 240 g/mol. The van der Waals surface area contributed by atoms with Gasteiger partial charge >= 0.3 is 11.4 Å². The molecular weight excluding hydrogens is 232 g/mol. The van der Waals surface area contributed by atoms with Crippen LogP contribution in [0.25, 0.3) is 11.0 Å². The van der Waals surface area contributed by atoms with Crippen LogP contribution in [0.2, 0.25) is 0 Å². The van der Waals surface area contributed by atoms with Gasteiger partial charge in [-0.3, -0.25) is 29.1 Å². The number of aromatic amines is 3. The molecule has 0 spiro atoms. The normalized spacial score (nSPS) is 12.8. The molecule has 2 heterocycles. The average molecular weight is 240 g/mol. The van der Waals surface area contributed by atoms with Crippen LogP contribution in [0.5, 0.6) is 0 Å². The Morgan fingerprint density at radius 1 is 1.06 bits per heavy atom. The quantitative estimate of drug-likeness (QED) is 0.439. The Morgan fingerprint density at radius 2 is 1.65 bits per heavy atom. The molecule has 0 aliphatic carbocycles. The summed E-state index contributed by atoms with van der Waals surface area (Å²) in [7, 11) is 0. The van der Waals surface area contributed by atoms with Crippen LogP contribution >= 0.6 is 0 Å². The first-order chi connectivity index (χ1) is 7.91. The van der Waals surface area contributed by atoms with E-state index in [-0.39, 0.29) is 5.65 Å². The predicted molar refractivity (Wildman–Crippen MR) is 57.0 cm³/mol. The largest absolute Gasteiger partial charge is 0.373 e. The number of fused-ring (bicyclic) bond motifs is 1. The lowest BCUT2D eigenvalue weighted by molar-refractivity contribution is 0.123. The van der Waals surface area contributed by atoms with Crippen molar-refractivity contribution in [3.8, 4) is 0 Å². The minimum absolute atomic E-state index is 0.317. The lowest BCUT2D eigenvalue weighted by Gasteiger charge is -2.10. The molecule has 1 unspecified atom stereocenters. The van der Waals surface area contributed by atoms with Gasteiger partial charge in [0.1, 0.15) is 17.3 Å². The predicted octanol–water partition coefficient (Wildman–Crippen LogP) is -2.42. The molecule has 0 saturated carbocycles. The lowest BCUT2D eigenvalue weighted by atomic mass is 10.4. The van der Waals surface area contributed by atoms with Crippen molar-refractivity contribution in [2.75, 3.05) is 0 Å². The van der Waals surface area contributed by atoms with Gasteiger partial charge in [0.2, 0.25) is 0 Å². The van der Waals surface area contributed by atoms with Crippen LogP contribution in [0.15, 0.2) is 19.2 Å². The van der Waals surface area contributed by atoms with E-state index in [1.807, 2.05) is 9.97 Å². The molecule has 9 heteroatoms. The Bertz CT molecular complexity index is 792. The molecule has 2 rings (SSSR count). The summed E-state index contributed by atoms with van der Waals surface area (Å²) in [4.78, 5) is 51.2. The third kappa shape index (κ3) is 1.61. The second-order valence-electron chi connectivity index (χ2n) is 3.39. The van der Waals surface area contributed by atoms with Gasteiger partial charge in [0.05, 0.1) is 0 Å². The molecule has 17 heavy (non-hydrogen) atoms. The molecule has 0 fully saturated rings. The van der Waals surface area contributed by atoms with E-state index in [0.29, 0.717) is 4.57 Å². The number of aliphatic hydroxyl groups is 1. The minimum Gasteiger partial charge on any atom is -0.373 e. The van der Waals surface area contributed by atoms with Crippen molar-refractivity contribution < 1.29 is 5.11 Å². The molecule has 1 atom stereocenters. The zero-order valence-electron chi connectivity index (χ0n) is 8.60. The molecule has 2 aromatic heterocycles. The van der Waals surface area contributed by atoms with Gasteiger partial charge < -0.3 is 5.11 Å². The van der Waals surface area contributed by atoms with Crippen molar-refractivity contribution in [2.45, 2.75) is 13.2 Å². The summed E-state index contributed by atoms with van der Waals surface area (Å²) in [5.74, 6) is 0. The van der Waals surface area contributed by atoms with Crippen LogP contribution in [0, 0.1) is 0 Å². The van der Waals surface area contributed by atoms with Gasteiger partial charge in [-0.1, -0.05) is 0 Å². The van der Waals surface area contributed by atoms with Gasteiger partial charge in [0, 0.05) is 0 Å². The summed E-state index contributed by atoms with van der Waals surface area (Å²) in [6.45, 7) is 1.25. The van der Waals surface area contributed by atoms with E-state index < -0.39 is 34.1 Å². The van der Waals surface area contributed by atoms with Crippen molar-refractivity contribution in [1.82, 2.24) is 19.5 Å². The first-order valence-corrected chi connectivity index (χ1v) is 4.61. The van der Waals surface area contributed by atoms with E-state index in [2.05, 4.69) is 4.98 Å². The molecule has 0 amide bonds. The van der Waals surface area contributed by atoms with Crippen molar-refractivity contribution >= 4 is 11.0 Å².